The van der Waals surface area contributed by atoms with Crippen LogP contribution in [0.2, 0.25) is 25.7 Å². The van der Waals surface area contributed by atoms with Gasteiger partial charge in [0.15, 0.2) is 0 Å². The zero-order chi connectivity index (χ0) is 13.6. The molecule has 0 radical (unpaired) electrons. The summed E-state index contributed by atoms with van der Waals surface area (Å²) in [6.07, 6.45) is 4.90. The van der Waals surface area contributed by atoms with Crippen molar-refractivity contribution < 1.29 is 9.53 Å². The fraction of sp³-hybridized carbons (Fsp3) is 0.357. The molecule has 0 aliphatic heterocycles. The van der Waals surface area contributed by atoms with E-state index in [2.05, 4.69) is 30.9 Å². The monoisotopic (exact) mass is 261 g/mol. The van der Waals surface area contributed by atoms with E-state index < -0.39 is 14.2 Å². The number of amides is 1. The van der Waals surface area contributed by atoms with Crippen LogP contribution in [0.4, 0.5) is 10.5 Å². The first kappa shape index (κ1) is 14.3. The van der Waals surface area contributed by atoms with E-state index in [1.54, 1.807) is 12.1 Å². The van der Waals surface area contributed by atoms with E-state index in [4.69, 9.17) is 11.2 Å². The van der Waals surface area contributed by atoms with Gasteiger partial charge in [0.05, 0.1) is 12.3 Å². The molecule has 0 saturated carbocycles. The van der Waals surface area contributed by atoms with Crippen molar-refractivity contribution in [2.45, 2.75) is 25.7 Å². The van der Waals surface area contributed by atoms with Crippen molar-refractivity contribution in [3.05, 3.63) is 29.8 Å². The number of para-hydroxylation sites is 1. The van der Waals surface area contributed by atoms with Gasteiger partial charge in [0.2, 0.25) is 0 Å². The van der Waals surface area contributed by atoms with Crippen LogP contribution in [0.3, 0.4) is 0 Å². The van der Waals surface area contributed by atoms with Gasteiger partial charge in [-0.05, 0) is 18.2 Å². The number of hydrogen-bond acceptors (Lipinski definition) is 2. The number of rotatable bonds is 4. The highest BCUT2D eigenvalue weighted by molar-refractivity contribution is 6.76. The maximum absolute atomic E-state index is 11.6. The topological polar surface area (TPSA) is 38.3 Å². The molecule has 0 fully saturated rings. The average molecular weight is 261 g/mol. The Kier molecular flexibility index (Phi) is 4.99. The Morgan fingerprint density at radius 3 is 2.67 bits per heavy atom. The molecule has 1 aromatic carbocycles. The zero-order valence-corrected chi connectivity index (χ0v) is 12.1. The zero-order valence-electron chi connectivity index (χ0n) is 11.1. The van der Waals surface area contributed by atoms with Gasteiger partial charge in [0, 0.05) is 13.6 Å². The molecule has 0 unspecified atom stereocenters. The maximum Gasteiger partial charge on any atom is 0.411 e. The Bertz CT molecular complexity index is 458. The van der Waals surface area contributed by atoms with E-state index in [-0.39, 0.29) is 0 Å². The van der Waals surface area contributed by atoms with Gasteiger partial charge in [-0.3, -0.25) is 5.32 Å². The number of hydrogen-bond donors (Lipinski definition) is 1. The second-order valence-electron chi connectivity index (χ2n) is 5.26. The first-order chi connectivity index (χ1) is 8.42. The van der Waals surface area contributed by atoms with Crippen molar-refractivity contribution in [3.8, 4) is 12.3 Å². The van der Waals surface area contributed by atoms with E-state index in [0.29, 0.717) is 17.9 Å². The lowest BCUT2D eigenvalue weighted by molar-refractivity contribution is 0.167. The van der Waals surface area contributed by atoms with Gasteiger partial charge in [0.25, 0.3) is 0 Å². The second-order valence-corrected chi connectivity index (χ2v) is 10.9. The summed E-state index contributed by atoms with van der Waals surface area (Å²) in [5.74, 6) is 2.52. The molecule has 0 aromatic heterocycles. The summed E-state index contributed by atoms with van der Waals surface area (Å²) in [5.41, 5.74) is 1.26. The standard InChI is InChI=1S/C14H19NO2Si/c1-5-12-8-6-7-9-13(12)15-14(16)17-10-11-18(2,3)4/h1,6-9H,10-11H2,2-4H3,(H,15,16). The van der Waals surface area contributed by atoms with E-state index in [0.717, 1.165) is 6.04 Å². The van der Waals surface area contributed by atoms with Gasteiger partial charge in [-0.2, -0.15) is 0 Å². The molecule has 4 heteroatoms. The van der Waals surface area contributed by atoms with Crippen molar-refractivity contribution in [2.75, 3.05) is 11.9 Å². The van der Waals surface area contributed by atoms with Crippen LogP contribution in [0.1, 0.15) is 5.56 Å². The molecule has 0 aliphatic carbocycles. The van der Waals surface area contributed by atoms with Crippen molar-refractivity contribution >= 4 is 19.9 Å². The number of benzene rings is 1. The quantitative estimate of drug-likeness (QED) is 0.665. The van der Waals surface area contributed by atoms with Gasteiger partial charge in [-0.1, -0.05) is 37.7 Å². The summed E-state index contributed by atoms with van der Waals surface area (Å²) in [5, 5.41) is 2.66. The summed E-state index contributed by atoms with van der Waals surface area (Å²) in [6, 6.07) is 8.14. The molecule has 0 heterocycles. The molecular weight excluding hydrogens is 242 g/mol. The van der Waals surface area contributed by atoms with Crippen molar-refractivity contribution in [1.82, 2.24) is 0 Å². The highest BCUT2D eigenvalue weighted by Gasteiger charge is 2.14. The normalized spacial score (nSPS) is 10.6. The van der Waals surface area contributed by atoms with Crippen LogP contribution in [0.15, 0.2) is 24.3 Å². The van der Waals surface area contributed by atoms with E-state index >= 15 is 0 Å². The molecular formula is C14H19NO2Si. The third kappa shape index (κ3) is 5.06. The van der Waals surface area contributed by atoms with Gasteiger partial charge in [0.1, 0.15) is 0 Å². The van der Waals surface area contributed by atoms with Gasteiger partial charge >= 0.3 is 6.09 Å². The molecule has 0 spiro atoms. The molecule has 1 rings (SSSR count). The molecule has 0 bridgehead atoms. The number of carbonyl (C=O) groups is 1. The van der Waals surface area contributed by atoms with Crippen LogP contribution < -0.4 is 5.32 Å². The number of anilines is 1. The first-order valence-electron chi connectivity index (χ1n) is 5.92. The molecule has 3 nitrogen and oxygen atoms in total. The average Bonchev–Trinajstić information content (AvgIpc) is 2.28. The van der Waals surface area contributed by atoms with Gasteiger partial charge < -0.3 is 4.74 Å². The Hall–Kier alpha value is -1.73. The molecule has 96 valence electrons. The van der Waals surface area contributed by atoms with E-state index in [9.17, 15) is 4.79 Å². The highest BCUT2D eigenvalue weighted by Crippen LogP contribution is 2.14. The maximum atomic E-state index is 11.6. The third-order valence-corrected chi connectivity index (χ3v) is 4.11. The minimum absolute atomic E-state index is 0.448. The van der Waals surface area contributed by atoms with Crippen LogP contribution >= 0.6 is 0 Å². The number of nitrogens with one attached hydrogen (secondary N) is 1. The van der Waals surface area contributed by atoms with E-state index in [1.165, 1.54) is 0 Å². The van der Waals surface area contributed by atoms with Crippen LogP contribution in [0.5, 0.6) is 0 Å². The fourth-order valence-electron chi connectivity index (χ4n) is 1.31. The number of carbonyl (C=O) groups excluding carboxylic acids is 1. The number of ether oxygens (including phenoxy) is 1. The minimum Gasteiger partial charge on any atom is -0.450 e. The van der Waals surface area contributed by atoms with Gasteiger partial charge in [-0.25, -0.2) is 4.79 Å². The molecule has 1 amide bonds. The number of terminal acetylenes is 1. The van der Waals surface area contributed by atoms with Crippen LogP contribution in [-0.2, 0) is 4.74 Å². The summed E-state index contributed by atoms with van der Waals surface area (Å²) in [6.45, 7) is 7.17. The molecule has 0 atom stereocenters. The summed E-state index contributed by atoms with van der Waals surface area (Å²) in [7, 11) is -1.17. The van der Waals surface area contributed by atoms with Crippen LogP contribution in [0, 0.1) is 12.3 Å². The minimum atomic E-state index is -1.17. The Morgan fingerprint density at radius 2 is 2.06 bits per heavy atom. The van der Waals surface area contributed by atoms with Crippen molar-refractivity contribution in [2.24, 2.45) is 0 Å². The Labute approximate surface area is 110 Å². The lowest BCUT2D eigenvalue weighted by atomic mass is 10.2. The fourth-order valence-corrected chi connectivity index (χ4v) is 2.03. The largest absolute Gasteiger partial charge is 0.450 e. The summed E-state index contributed by atoms with van der Waals surface area (Å²) >= 11 is 0. The summed E-state index contributed by atoms with van der Waals surface area (Å²) in [4.78, 5) is 11.6. The SMILES string of the molecule is C#Cc1ccccc1NC(=O)OCC[Si](C)(C)C. The van der Waals surface area contributed by atoms with Gasteiger partial charge in [-0.15, -0.1) is 6.42 Å². The lowest BCUT2D eigenvalue weighted by Gasteiger charge is -2.15. The molecule has 0 saturated heterocycles. The predicted octanol–water partition coefficient (Wildman–Crippen LogP) is 3.55. The molecule has 18 heavy (non-hydrogen) atoms. The van der Waals surface area contributed by atoms with Crippen molar-refractivity contribution in [3.63, 3.8) is 0 Å². The van der Waals surface area contributed by atoms with E-state index in [1.807, 2.05) is 12.1 Å². The highest BCUT2D eigenvalue weighted by atomic mass is 28.3. The lowest BCUT2D eigenvalue weighted by Crippen LogP contribution is -2.24. The Morgan fingerprint density at radius 1 is 1.39 bits per heavy atom. The van der Waals surface area contributed by atoms with Crippen LogP contribution in [0.25, 0.3) is 0 Å². The molecule has 0 aliphatic rings. The summed E-state index contributed by atoms with van der Waals surface area (Å²) < 4.78 is 5.14. The van der Waals surface area contributed by atoms with Crippen LogP contribution in [-0.4, -0.2) is 20.8 Å². The second kappa shape index (κ2) is 6.27. The first-order valence-corrected chi connectivity index (χ1v) is 9.62. The third-order valence-electron chi connectivity index (χ3n) is 2.40. The predicted molar refractivity (Wildman–Crippen MR) is 77.5 cm³/mol. The smallest absolute Gasteiger partial charge is 0.411 e. The molecule has 1 aromatic rings. The van der Waals surface area contributed by atoms with Crippen molar-refractivity contribution in [1.29, 1.82) is 0 Å². The Balaban J connectivity index is 2.48. The molecule has 1 N–H and O–H groups in total.